The van der Waals surface area contributed by atoms with Gasteiger partial charge < -0.3 is 5.73 Å². The molecule has 2 aromatic rings. The molecule has 0 saturated heterocycles. The van der Waals surface area contributed by atoms with Crippen molar-refractivity contribution < 1.29 is 0 Å². The minimum absolute atomic E-state index is 0.819. The first-order valence-electron chi connectivity index (χ1n) is 5.12. The Labute approximate surface area is 99.7 Å². The zero-order valence-corrected chi connectivity index (χ0v) is 10.3. The Balaban J connectivity index is 2.04. The van der Waals surface area contributed by atoms with E-state index >= 15 is 0 Å². The van der Waals surface area contributed by atoms with Gasteiger partial charge in [-0.3, -0.25) is 4.68 Å². The second kappa shape index (κ2) is 4.61. The van der Waals surface area contributed by atoms with Crippen LogP contribution in [-0.4, -0.2) is 9.78 Å². The second-order valence-electron chi connectivity index (χ2n) is 3.79. The highest BCUT2D eigenvalue weighted by Crippen LogP contribution is 2.26. The van der Waals surface area contributed by atoms with E-state index in [-0.39, 0.29) is 0 Å². The molecule has 2 rings (SSSR count). The first kappa shape index (κ1) is 11.1. The molecule has 3 nitrogen and oxygen atoms in total. The number of aryl methyl sites for hydroxylation is 2. The van der Waals surface area contributed by atoms with E-state index in [1.165, 1.54) is 10.5 Å². The third-order valence-electron chi connectivity index (χ3n) is 2.34. The van der Waals surface area contributed by atoms with Crippen molar-refractivity contribution in [3.63, 3.8) is 0 Å². The SMILES string of the molecule is Cc1cc(N)ccc1SCc1ccn(C)n1. The number of hydrogen-bond donors (Lipinski definition) is 1. The fourth-order valence-corrected chi connectivity index (χ4v) is 2.43. The van der Waals surface area contributed by atoms with E-state index in [1.54, 1.807) is 11.8 Å². The molecule has 0 aliphatic rings. The number of thioether (sulfide) groups is 1. The van der Waals surface area contributed by atoms with Crippen LogP contribution in [0, 0.1) is 6.92 Å². The Bertz CT molecular complexity index is 491. The number of nitrogens with zero attached hydrogens (tertiary/aromatic N) is 2. The molecule has 1 aromatic carbocycles. The quantitative estimate of drug-likeness (QED) is 0.654. The third kappa shape index (κ3) is 2.58. The molecule has 0 bridgehead atoms. The number of aromatic nitrogens is 2. The zero-order chi connectivity index (χ0) is 11.5. The van der Waals surface area contributed by atoms with Gasteiger partial charge in [0.2, 0.25) is 0 Å². The van der Waals surface area contributed by atoms with Crippen molar-refractivity contribution >= 4 is 17.4 Å². The largest absolute Gasteiger partial charge is 0.399 e. The summed E-state index contributed by atoms with van der Waals surface area (Å²) in [6, 6.07) is 8.05. The Kier molecular flexibility index (Phi) is 3.19. The van der Waals surface area contributed by atoms with Gasteiger partial charge in [0.1, 0.15) is 0 Å². The minimum Gasteiger partial charge on any atom is -0.399 e. The van der Waals surface area contributed by atoms with E-state index < -0.39 is 0 Å². The fraction of sp³-hybridized carbons (Fsp3) is 0.250. The van der Waals surface area contributed by atoms with Crippen molar-refractivity contribution in [1.82, 2.24) is 9.78 Å². The molecule has 4 heteroatoms. The van der Waals surface area contributed by atoms with Crippen LogP contribution in [-0.2, 0) is 12.8 Å². The van der Waals surface area contributed by atoms with E-state index in [1.807, 2.05) is 36.1 Å². The summed E-state index contributed by atoms with van der Waals surface area (Å²) in [7, 11) is 1.93. The summed E-state index contributed by atoms with van der Waals surface area (Å²) in [6.07, 6.45) is 1.96. The molecule has 0 saturated carbocycles. The summed E-state index contributed by atoms with van der Waals surface area (Å²) in [5.41, 5.74) is 8.86. The minimum atomic E-state index is 0.819. The summed E-state index contributed by atoms with van der Waals surface area (Å²) in [6.45, 7) is 2.08. The number of nitrogens with two attached hydrogens (primary N) is 1. The van der Waals surface area contributed by atoms with E-state index in [0.717, 1.165) is 17.1 Å². The van der Waals surface area contributed by atoms with Crippen molar-refractivity contribution in [1.29, 1.82) is 0 Å². The predicted molar refractivity (Wildman–Crippen MR) is 68.4 cm³/mol. The molecule has 0 spiro atoms. The monoisotopic (exact) mass is 233 g/mol. The van der Waals surface area contributed by atoms with Crippen LogP contribution >= 0.6 is 11.8 Å². The van der Waals surface area contributed by atoms with Gasteiger partial charge in [-0.2, -0.15) is 5.10 Å². The maximum absolute atomic E-state index is 5.71. The number of hydrogen-bond acceptors (Lipinski definition) is 3. The van der Waals surface area contributed by atoms with Crippen molar-refractivity contribution in [2.45, 2.75) is 17.6 Å². The van der Waals surface area contributed by atoms with Gasteiger partial charge in [-0.15, -0.1) is 11.8 Å². The van der Waals surface area contributed by atoms with Gasteiger partial charge >= 0.3 is 0 Å². The smallest absolute Gasteiger partial charge is 0.0727 e. The molecule has 1 heterocycles. The lowest BCUT2D eigenvalue weighted by Crippen LogP contribution is -1.90. The highest BCUT2D eigenvalue weighted by atomic mass is 32.2. The van der Waals surface area contributed by atoms with Crippen molar-refractivity contribution in [3.05, 3.63) is 41.7 Å². The van der Waals surface area contributed by atoms with Crippen LogP contribution in [0.15, 0.2) is 35.4 Å². The van der Waals surface area contributed by atoms with Crippen LogP contribution in [0.1, 0.15) is 11.3 Å². The van der Waals surface area contributed by atoms with E-state index in [9.17, 15) is 0 Å². The van der Waals surface area contributed by atoms with E-state index in [4.69, 9.17) is 5.73 Å². The third-order valence-corrected chi connectivity index (χ3v) is 3.55. The highest BCUT2D eigenvalue weighted by Gasteiger charge is 2.02. The highest BCUT2D eigenvalue weighted by molar-refractivity contribution is 7.98. The Morgan fingerprint density at radius 1 is 1.38 bits per heavy atom. The molecular formula is C12H15N3S. The van der Waals surface area contributed by atoms with Gasteiger partial charge in [-0.25, -0.2) is 0 Å². The lowest BCUT2D eigenvalue weighted by molar-refractivity contribution is 0.755. The Morgan fingerprint density at radius 2 is 2.19 bits per heavy atom. The van der Waals surface area contributed by atoms with Gasteiger partial charge in [-0.05, 0) is 36.8 Å². The summed E-state index contributed by atoms with van der Waals surface area (Å²) < 4.78 is 1.83. The van der Waals surface area contributed by atoms with Gasteiger partial charge in [0.15, 0.2) is 0 Å². The second-order valence-corrected chi connectivity index (χ2v) is 4.81. The first-order chi connectivity index (χ1) is 7.65. The number of nitrogen functional groups attached to an aromatic ring is 1. The predicted octanol–water partition coefficient (Wildman–Crippen LogP) is 2.60. The van der Waals surface area contributed by atoms with Crippen LogP contribution in [0.4, 0.5) is 5.69 Å². The normalized spacial score (nSPS) is 10.6. The molecule has 0 radical (unpaired) electrons. The molecule has 84 valence electrons. The molecule has 0 amide bonds. The summed E-state index contributed by atoms with van der Waals surface area (Å²) in [4.78, 5) is 1.26. The van der Waals surface area contributed by atoms with Gasteiger partial charge in [0, 0.05) is 29.6 Å². The number of rotatable bonds is 3. The lowest BCUT2D eigenvalue weighted by atomic mass is 10.2. The van der Waals surface area contributed by atoms with Crippen molar-refractivity contribution in [2.75, 3.05) is 5.73 Å². The molecule has 0 aliphatic carbocycles. The first-order valence-corrected chi connectivity index (χ1v) is 6.11. The van der Waals surface area contributed by atoms with Crippen molar-refractivity contribution in [3.8, 4) is 0 Å². The van der Waals surface area contributed by atoms with Gasteiger partial charge in [0.25, 0.3) is 0 Å². The maximum Gasteiger partial charge on any atom is 0.0727 e. The Morgan fingerprint density at radius 3 is 2.81 bits per heavy atom. The average Bonchev–Trinajstić information content (AvgIpc) is 2.63. The molecule has 0 unspecified atom stereocenters. The molecule has 2 N–H and O–H groups in total. The van der Waals surface area contributed by atoms with E-state index in [2.05, 4.69) is 18.1 Å². The standard InChI is InChI=1S/C12H15N3S/c1-9-7-10(13)3-4-12(9)16-8-11-5-6-15(2)14-11/h3-7H,8,13H2,1-2H3. The molecule has 0 atom stereocenters. The van der Waals surface area contributed by atoms with Crippen LogP contribution < -0.4 is 5.73 Å². The Hall–Kier alpha value is -1.42. The van der Waals surface area contributed by atoms with Gasteiger partial charge in [0.05, 0.1) is 5.69 Å². The average molecular weight is 233 g/mol. The maximum atomic E-state index is 5.71. The molecule has 16 heavy (non-hydrogen) atoms. The van der Waals surface area contributed by atoms with E-state index in [0.29, 0.717) is 0 Å². The fourth-order valence-electron chi connectivity index (χ4n) is 1.53. The molecule has 1 aromatic heterocycles. The summed E-state index contributed by atoms with van der Waals surface area (Å²) >= 11 is 1.79. The number of anilines is 1. The van der Waals surface area contributed by atoms with Gasteiger partial charge in [-0.1, -0.05) is 0 Å². The molecular weight excluding hydrogens is 218 g/mol. The van der Waals surface area contributed by atoms with Crippen LogP contribution in [0.2, 0.25) is 0 Å². The molecule has 0 fully saturated rings. The summed E-state index contributed by atoms with van der Waals surface area (Å²) in [5, 5.41) is 4.34. The topological polar surface area (TPSA) is 43.8 Å². The van der Waals surface area contributed by atoms with Crippen LogP contribution in [0.3, 0.4) is 0 Å². The van der Waals surface area contributed by atoms with Crippen LogP contribution in [0.5, 0.6) is 0 Å². The van der Waals surface area contributed by atoms with Crippen LogP contribution in [0.25, 0.3) is 0 Å². The van der Waals surface area contributed by atoms with Crippen molar-refractivity contribution in [2.24, 2.45) is 7.05 Å². The molecule has 0 aliphatic heterocycles. The number of benzene rings is 1. The lowest BCUT2D eigenvalue weighted by Gasteiger charge is -2.04. The summed E-state index contributed by atoms with van der Waals surface area (Å²) in [5.74, 6) is 0.894. The zero-order valence-electron chi connectivity index (χ0n) is 9.47.